The van der Waals surface area contributed by atoms with Crippen LogP contribution in [0.3, 0.4) is 0 Å². The van der Waals surface area contributed by atoms with Gasteiger partial charge in [0.2, 0.25) is 0 Å². The van der Waals surface area contributed by atoms with Gasteiger partial charge in [-0.15, -0.1) is 0 Å². The highest BCUT2D eigenvalue weighted by molar-refractivity contribution is 7.46. The number of Topliss-reactive ketones (excluding diaryl/α,β-unsaturated/α-hetero) is 3. The van der Waals surface area contributed by atoms with Crippen molar-refractivity contribution in [3.63, 3.8) is 0 Å². The summed E-state index contributed by atoms with van der Waals surface area (Å²) in [6, 6.07) is 0. The first-order valence-corrected chi connectivity index (χ1v) is 19.9. The van der Waals surface area contributed by atoms with E-state index in [1.54, 1.807) is 6.92 Å². The Morgan fingerprint density at radius 3 is 1.30 bits per heavy atom. The molecule has 362 valence electrons. The lowest BCUT2D eigenvalue weighted by Crippen LogP contribution is -2.56. The second-order valence-electron chi connectivity index (χ2n) is 11.9. The van der Waals surface area contributed by atoms with Gasteiger partial charge in [0.05, 0.1) is 18.3 Å². The molecule has 20 N–H and O–H groups in total. The minimum Gasteiger partial charge on any atom is -0.391 e. The minimum absolute atomic E-state index is 0.472. The van der Waals surface area contributed by atoms with Crippen LogP contribution in [-0.4, -0.2) is 241 Å². The van der Waals surface area contributed by atoms with Gasteiger partial charge in [0, 0.05) is 14.2 Å². The first-order chi connectivity index (χ1) is 27.1. The maximum Gasteiger partial charge on any atom is 0.631 e. The number of rotatable bonds is 18. The van der Waals surface area contributed by atoms with Crippen LogP contribution in [0.5, 0.6) is 0 Å². The third kappa shape index (κ3) is 36.8. The number of carbonyl (C=O) groups is 4. The normalized spacial score (nSPS) is 24.3. The maximum atomic E-state index is 11.0. The van der Waals surface area contributed by atoms with E-state index in [0.29, 0.717) is 6.29 Å². The van der Waals surface area contributed by atoms with Gasteiger partial charge in [0.25, 0.3) is 0 Å². The van der Waals surface area contributed by atoms with Gasteiger partial charge in [-0.1, -0.05) is 0 Å². The predicted octanol–water partition coefficient (Wildman–Crippen LogP) is -9.10. The van der Waals surface area contributed by atoms with Crippen molar-refractivity contribution in [3.05, 3.63) is 0 Å². The summed E-state index contributed by atoms with van der Waals surface area (Å²) in [5.41, 5.74) is 0. The molecule has 0 amide bonds. The van der Waals surface area contributed by atoms with Crippen LogP contribution in [0.2, 0.25) is 0 Å². The number of ether oxygens (including phenoxy) is 3. The second kappa shape index (κ2) is 35.7. The van der Waals surface area contributed by atoms with E-state index in [2.05, 4.69) is 23.3 Å². The molecule has 1 saturated heterocycles. The van der Waals surface area contributed by atoms with Crippen molar-refractivity contribution >= 4 is 39.3 Å². The van der Waals surface area contributed by atoms with Crippen molar-refractivity contribution in [1.29, 1.82) is 0 Å². The van der Waals surface area contributed by atoms with E-state index < -0.39 is 145 Å². The molecule has 1 rings (SSSR count). The summed E-state index contributed by atoms with van der Waals surface area (Å²) >= 11 is 0. The van der Waals surface area contributed by atoms with Gasteiger partial charge in [0.1, 0.15) is 87.6 Å². The molecule has 0 aliphatic carbocycles. The van der Waals surface area contributed by atoms with Gasteiger partial charge >= 0.3 is 15.6 Å². The Balaban J connectivity index is -0.000000207. The van der Waals surface area contributed by atoms with Gasteiger partial charge in [-0.05, 0) is 34.6 Å². The van der Waals surface area contributed by atoms with E-state index >= 15 is 0 Å². The summed E-state index contributed by atoms with van der Waals surface area (Å²) in [5.74, 6) is -2.73. The lowest BCUT2D eigenvalue weighted by molar-refractivity contribution is -0.277. The number of methoxy groups -OCH3 is 2. The highest BCUT2D eigenvalue weighted by atomic mass is 31.2. The van der Waals surface area contributed by atoms with E-state index in [1.807, 2.05) is 0 Å². The second-order valence-corrected chi connectivity index (χ2v) is 14.5. The van der Waals surface area contributed by atoms with Crippen molar-refractivity contribution in [2.75, 3.05) is 40.6 Å². The molecule has 1 heterocycles. The van der Waals surface area contributed by atoms with Crippen LogP contribution >= 0.6 is 15.6 Å². The van der Waals surface area contributed by atoms with Crippen molar-refractivity contribution < 1.29 is 143 Å². The van der Waals surface area contributed by atoms with Gasteiger partial charge in [-0.3, -0.25) is 24.2 Å². The van der Waals surface area contributed by atoms with Crippen LogP contribution < -0.4 is 0 Å². The molecule has 15 atom stereocenters. The summed E-state index contributed by atoms with van der Waals surface area (Å²) in [5, 5.41) is 122. The average molecular weight is 939 g/mol. The molecule has 60 heavy (non-hydrogen) atoms. The van der Waals surface area contributed by atoms with E-state index in [0.717, 1.165) is 6.92 Å². The molecule has 0 spiro atoms. The number of hydrogen-bond acceptors (Lipinski definition) is 25. The highest BCUT2D eigenvalue weighted by Crippen LogP contribution is 2.36. The van der Waals surface area contributed by atoms with Crippen molar-refractivity contribution in [2.24, 2.45) is 0 Å². The molecule has 0 saturated carbocycles. The number of ketones is 3. The Morgan fingerprint density at radius 1 is 0.667 bits per heavy atom. The van der Waals surface area contributed by atoms with Crippen molar-refractivity contribution in [1.82, 2.24) is 0 Å². The lowest BCUT2D eigenvalue weighted by Gasteiger charge is -2.36. The topological polar surface area (TPSA) is 518 Å². The number of aliphatic hydroxyl groups excluding tert-OH is 14. The number of aldehydes is 1. The fourth-order valence-electron chi connectivity index (χ4n) is 2.96. The van der Waals surface area contributed by atoms with Crippen LogP contribution in [0.4, 0.5) is 0 Å². The molecular weight excluding hydrogens is 874 g/mol. The summed E-state index contributed by atoms with van der Waals surface area (Å²) in [4.78, 5) is 70.0. The van der Waals surface area contributed by atoms with Crippen LogP contribution in [0.25, 0.3) is 0 Å². The molecule has 0 radical (unpaired) electrons. The fraction of sp³-hybridized carbons (Fsp3) is 0.862. The predicted molar refractivity (Wildman–Crippen MR) is 197 cm³/mol. The van der Waals surface area contributed by atoms with E-state index in [-0.39, 0.29) is 0 Å². The third-order valence-corrected chi connectivity index (χ3v) is 7.25. The van der Waals surface area contributed by atoms with Crippen LogP contribution in [0.15, 0.2) is 0 Å². The van der Waals surface area contributed by atoms with E-state index in [9.17, 15) is 28.3 Å². The Bertz CT molecular complexity index is 1210. The van der Waals surface area contributed by atoms with Gasteiger partial charge in [-0.2, -0.15) is 9.13 Å². The van der Waals surface area contributed by atoms with Crippen LogP contribution in [-0.2, 0) is 51.6 Å². The largest absolute Gasteiger partial charge is 0.631 e. The molecule has 29 nitrogen and oxygen atoms in total. The van der Waals surface area contributed by atoms with E-state index in [4.69, 9.17) is 91.1 Å². The fourth-order valence-corrected chi connectivity index (χ4v) is 3.58. The maximum absolute atomic E-state index is 11.0. The minimum atomic E-state index is -4.54. The van der Waals surface area contributed by atoms with E-state index in [1.165, 1.54) is 35.0 Å². The molecule has 1 aliphatic heterocycles. The SMILES string of the molecule is CC(O)C=O.CC1O[C@H](O)C(O)[C@@H](O)[C@@H]1O.COC(OC)C(C)O.C[C@H](O)[C@@H](O)[C@@H](O)C(=O)CO.C[C@H](O)[C@@H](O)[C@@H](O)C(=O)COP(=O)(O)[OH2+].O=C(CO)COP(=O)(O)[OH2+]. The number of hydrogen-bond donors (Lipinski definition) is 16. The average Bonchev–Trinajstić information content (AvgIpc) is 3.16. The molecule has 6 unspecified atom stereocenters. The first kappa shape index (κ1) is 67.3. The van der Waals surface area contributed by atoms with Gasteiger partial charge < -0.3 is 100 Å². The number of carbonyl (C=O) groups excluding carboxylic acids is 4. The lowest BCUT2D eigenvalue weighted by atomic mass is 10.0. The zero-order chi connectivity index (χ0) is 48.9. The zero-order valence-electron chi connectivity index (χ0n) is 33.5. The Hall–Kier alpha value is -1.78. The van der Waals surface area contributed by atoms with Crippen LogP contribution in [0.1, 0.15) is 34.6 Å². The first-order valence-electron chi connectivity index (χ1n) is 16.7. The summed E-state index contributed by atoms with van der Waals surface area (Å²) in [7, 11) is -5.88. The van der Waals surface area contributed by atoms with Crippen LogP contribution in [0, 0.1) is 0 Å². The van der Waals surface area contributed by atoms with Crippen molar-refractivity contribution in [3.8, 4) is 0 Å². The summed E-state index contributed by atoms with van der Waals surface area (Å²) < 4.78 is 42.1. The Morgan fingerprint density at radius 2 is 1.03 bits per heavy atom. The smallest absolute Gasteiger partial charge is 0.391 e. The summed E-state index contributed by atoms with van der Waals surface area (Å²) in [6.45, 7) is 3.64. The molecule has 0 aromatic heterocycles. The Labute approximate surface area is 343 Å². The standard InChI is InChI=1S/C6H13O8P.2C6H12O5.C5H12O3.C3H7O6P.C3H6O2/c1-3(7)5(9)6(10)4(8)2-14-15(11,12)13;1-2-3(7)4(8)5(9)6(10)11-2;1-3(8)5(10)6(11)4(9)2-7;1-4(6)5(7-2)8-3;4-1-3(5)2-9-10(6,7)8;1-3(5)2-4/h3,5-7,9-10H,2H2,1H3,(H2,11,12,13);2-10H,1H3;3,5-8,10-11H,2H2,1H3;4-6H,1-3H3;4H,1-2H2,(H2,6,7,8);2-3,5H,1H3/p+2/t3-,5+,6-;2?,3-,4+,5?,6+;3-,5+,6-;;;/m010.../s1. The van der Waals surface area contributed by atoms with Gasteiger partial charge in [0.15, 0.2) is 29.9 Å². The molecule has 0 aromatic carbocycles. The molecular formula is C29H64O29P2+2. The quantitative estimate of drug-likeness (QED) is 0.0263. The third-order valence-electron chi connectivity index (χ3n) is 6.29. The molecule has 31 heteroatoms. The van der Waals surface area contributed by atoms with Gasteiger partial charge in [-0.25, -0.2) is 9.05 Å². The monoisotopic (exact) mass is 938 g/mol. The summed E-state index contributed by atoms with van der Waals surface area (Å²) in [6.07, 6.45) is -16.8. The molecule has 0 bridgehead atoms. The Kier molecular flexibility index (Phi) is 40.0. The zero-order valence-corrected chi connectivity index (χ0v) is 35.3. The molecule has 1 fully saturated rings. The number of aliphatic hydroxyl groups is 14. The molecule has 1 aliphatic rings. The molecule has 0 aromatic rings. The van der Waals surface area contributed by atoms with Crippen molar-refractivity contribution in [2.45, 2.75) is 120 Å². The highest BCUT2D eigenvalue weighted by Gasteiger charge is 2.40.